The molecule has 0 aliphatic rings. The molecule has 1 aromatic rings. The fraction of sp³-hybridized carbons (Fsp3) is 0.667. The van der Waals surface area contributed by atoms with Crippen LogP contribution >= 0.6 is 11.3 Å². The highest BCUT2D eigenvalue weighted by atomic mass is 32.1. The summed E-state index contributed by atoms with van der Waals surface area (Å²) >= 11 is 1.90. The molecule has 1 aromatic heterocycles. The van der Waals surface area contributed by atoms with Gasteiger partial charge in [0.1, 0.15) is 0 Å². The molecule has 0 saturated heterocycles. The Balaban J connectivity index is 2.20. The van der Waals surface area contributed by atoms with Gasteiger partial charge in [-0.2, -0.15) is 0 Å². The van der Waals surface area contributed by atoms with E-state index in [9.17, 15) is 0 Å². The van der Waals surface area contributed by atoms with Gasteiger partial charge in [0.05, 0.1) is 0 Å². The summed E-state index contributed by atoms with van der Waals surface area (Å²) in [4.78, 5) is 5.21. The minimum absolute atomic E-state index is 1.01. The molecule has 1 N–H and O–H groups in total. The minimum atomic E-state index is 1.01. The first-order valence-corrected chi connectivity index (χ1v) is 6.40. The van der Waals surface area contributed by atoms with Gasteiger partial charge in [-0.1, -0.05) is 6.92 Å². The van der Waals surface area contributed by atoms with Crippen molar-refractivity contribution in [3.8, 4) is 0 Å². The first-order chi connectivity index (χ1) is 7.13. The van der Waals surface area contributed by atoms with Crippen molar-refractivity contribution < 1.29 is 0 Å². The van der Waals surface area contributed by atoms with Crippen LogP contribution in [0.1, 0.15) is 22.2 Å². The largest absolute Gasteiger partial charge is 0.311 e. The van der Waals surface area contributed by atoms with Crippen molar-refractivity contribution in [3.05, 3.63) is 21.4 Å². The van der Waals surface area contributed by atoms with Gasteiger partial charge in [0.15, 0.2) is 0 Å². The van der Waals surface area contributed by atoms with E-state index in [1.54, 1.807) is 0 Å². The summed E-state index contributed by atoms with van der Waals surface area (Å²) in [5.74, 6) is 0. The van der Waals surface area contributed by atoms with E-state index in [1.165, 1.54) is 15.3 Å². The summed E-state index contributed by atoms with van der Waals surface area (Å²) in [6, 6.07) is 2.29. The molecule has 1 rings (SSSR count). The number of nitrogens with zero attached hydrogens (tertiary/aromatic N) is 1. The fourth-order valence-electron chi connectivity index (χ4n) is 1.38. The smallest absolute Gasteiger partial charge is 0.0300 e. The molecular formula is C12H22N2S. The molecule has 0 amide bonds. The molecule has 0 saturated carbocycles. The Hall–Kier alpha value is -0.380. The van der Waals surface area contributed by atoms with Crippen LogP contribution in [0, 0.1) is 13.8 Å². The normalized spacial score (nSPS) is 11.3. The van der Waals surface area contributed by atoms with Gasteiger partial charge in [0.2, 0.25) is 0 Å². The molecule has 86 valence electrons. The van der Waals surface area contributed by atoms with Crippen molar-refractivity contribution in [2.24, 2.45) is 0 Å². The molecule has 0 aromatic carbocycles. The van der Waals surface area contributed by atoms with Crippen molar-refractivity contribution in [1.82, 2.24) is 10.2 Å². The van der Waals surface area contributed by atoms with Gasteiger partial charge < -0.3 is 10.2 Å². The van der Waals surface area contributed by atoms with Crippen molar-refractivity contribution in [1.29, 1.82) is 0 Å². The topological polar surface area (TPSA) is 15.3 Å². The first kappa shape index (κ1) is 12.7. The summed E-state index contributed by atoms with van der Waals surface area (Å²) in [6.07, 6.45) is 0. The van der Waals surface area contributed by atoms with Crippen LogP contribution in [0.25, 0.3) is 0 Å². The Labute approximate surface area is 97.3 Å². The molecule has 0 fully saturated rings. The van der Waals surface area contributed by atoms with Crippen molar-refractivity contribution in [2.75, 3.05) is 26.7 Å². The van der Waals surface area contributed by atoms with E-state index in [-0.39, 0.29) is 0 Å². The SMILES string of the molecule is CCN(C)CCNCc1cc(C)c(C)s1. The second-order valence-corrected chi connectivity index (χ2v) is 5.37. The van der Waals surface area contributed by atoms with Crippen molar-refractivity contribution in [2.45, 2.75) is 27.3 Å². The van der Waals surface area contributed by atoms with E-state index in [0.29, 0.717) is 0 Å². The minimum Gasteiger partial charge on any atom is -0.311 e. The molecule has 0 bridgehead atoms. The van der Waals surface area contributed by atoms with Gasteiger partial charge in [0, 0.05) is 29.4 Å². The van der Waals surface area contributed by atoms with Gasteiger partial charge in [-0.15, -0.1) is 11.3 Å². The molecule has 3 heteroatoms. The Kier molecular flexibility index (Phi) is 5.29. The fourth-order valence-corrected chi connectivity index (χ4v) is 2.40. The molecule has 0 unspecified atom stereocenters. The van der Waals surface area contributed by atoms with Gasteiger partial charge in [-0.3, -0.25) is 0 Å². The lowest BCUT2D eigenvalue weighted by molar-refractivity contribution is 0.349. The second-order valence-electron chi connectivity index (χ2n) is 4.02. The second kappa shape index (κ2) is 6.26. The van der Waals surface area contributed by atoms with Gasteiger partial charge in [0.25, 0.3) is 0 Å². The van der Waals surface area contributed by atoms with Crippen LogP contribution in [-0.2, 0) is 6.54 Å². The van der Waals surface area contributed by atoms with Crippen LogP contribution in [0.3, 0.4) is 0 Å². The lowest BCUT2D eigenvalue weighted by atomic mass is 10.3. The van der Waals surface area contributed by atoms with Crippen LogP contribution in [0.15, 0.2) is 6.07 Å². The molecule has 0 radical (unpaired) electrons. The number of nitrogens with one attached hydrogen (secondary N) is 1. The number of hydrogen-bond donors (Lipinski definition) is 1. The quantitative estimate of drug-likeness (QED) is 0.749. The van der Waals surface area contributed by atoms with Gasteiger partial charge >= 0.3 is 0 Å². The zero-order valence-corrected chi connectivity index (χ0v) is 11.1. The Morgan fingerprint density at radius 1 is 1.40 bits per heavy atom. The molecule has 0 aliphatic heterocycles. The van der Waals surface area contributed by atoms with Gasteiger partial charge in [-0.05, 0) is 39.1 Å². The first-order valence-electron chi connectivity index (χ1n) is 5.58. The van der Waals surface area contributed by atoms with Crippen molar-refractivity contribution in [3.63, 3.8) is 0 Å². The Bertz CT molecular complexity index is 274. The maximum atomic E-state index is 3.48. The van der Waals surface area contributed by atoms with E-state index in [1.807, 2.05) is 11.3 Å². The van der Waals surface area contributed by atoms with E-state index in [4.69, 9.17) is 0 Å². The molecule has 0 aliphatic carbocycles. The van der Waals surface area contributed by atoms with Crippen LogP contribution < -0.4 is 5.32 Å². The third-order valence-electron chi connectivity index (χ3n) is 2.73. The highest BCUT2D eigenvalue weighted by molar-refractivity contribution is 7.12. The number of thiophene rings is 1. The standard InChI is InChI=1S/C12H22N2S/c1-5-14(4)7-6-13-9-12-8-10(2)11(3)15-12/h8,13H,5-7,9H2,1-4H3. The van der Waals surface area contributed by atoms with Crippen molar-refractivity contribution >= 4 is 11.3 Å². The summed E-state index contributed by atoms with van der Waals surface area (Å²) in [5.41, 5.74) is 1.42. The van der Waals surface area contributed by atoms with Crippen LogP contribution in [0.2, 0.25) is 0 Å². The number of likely N-dealkylation sites (N-methyl/N-ethyl adjacent to an activating group) is 1. The van der Waals surface area contributed by atoms with Crippen LogP contribution in [0.5, 0.6) is 0 Å². The third-order valence-corrected chi connectivity index (χ3v) is 3.88. The Morgan fingerprint density at radius 2 is 2.13 bits per heavy atom. The van der Waals surface area contributed by atoms with Gasteiger partial charge in [-0.25, -0.2) is 0 Å². The number of aryl methyl sites for hydroxylation is 2. The predicted molar refractivity (Wildman–Crippen MR) is 68.7 cm³/mol. The highest BCUT2D eigenvalue weighted by Crippen LogP contribution is 2.19. The zero-order valence-electron chi connectivity index (χ0n) is 10.3. The lowest BCUT2D eigenvalue weighted by Crippen LogP contribution is -2.28. The molecular weight excluding hydrogens is 204 g/mol. The molecule has 15 heavy (non-hydrogen) atoms. The Morgan fingerprint density at radius 3 is 2.67 bits per heavy atom. The summed E-state index contributed by atoms with van der Waals surface area (Å²) in [6.45, 7) is 10.9. The van der Waals surface area contributed by atoms with E-state index in [2.05, 4.69) is 44.1 Å². The summed E-state index contributed by atoms with van der Waals surface area (Å²) < 4.78 is 0. The molecule has 0 spiro atoms. The number of hydrogen-bond acceptors (Lipinski definition) is 3. The average molecular weight is 226 g/mol. The average Bonchev–Trinajstić information content (AvgIpc) is 2.53. The number of rotatable bonds is 6. The summed E-state index contributed by atoms with van der Waals surface area (Å²) in [5, 5.41) is 3.48. The van der Waals surface area contributed by atoms with E-state index in [0.717, 1.165) is 26.2 Å². The van der Waals surface area contributed by atoms with Crippen LogP contribution in [-0.4, -0.2) is 31.6 Å². The maximum Gasteiger partial charge on any atom is 0.0300 e. The molecule has 2 nitrogen and oxygen atoms in total. The molecule has 0 atom stereocenters. The predicted octanol–water partition coefficient (Wildman–Crippen LogP) is 2.41. The lowest BCUT2D eigenvalue weighted by Gasteiger charge is -2.13. The monoisotopic (exact) mass is 226 g/mol. The van der Waals surface area contributed by atoms with E-state index >= 15 is 0 Å². The summed E-state index contributed by atoms with van der Waals surface area (Å²) in [7, 11) is 2.15. The maximum absolute atomic E-state index is 3.48. The molecule has 1 heterocycles. The third kappa shape index (κ3) is 4.33. The zero-order chi connectivity index (χ0) is 11.3. The van der Waals surface area contributed by atoms with Crippen LogP contribution in [0.4, 0.5) is 0 Å². The highest BCUT2D eigenvalue weighted by Gasteiger charge is 2.00. The van der Waals surface area contributed by atoms with E-state index < -0.39 is 0 Å².